The minimum atomic E-state index is -0.255. The fourth-order valence-electron chi connectivity index (χ4n) is 2.74. The van der Waals surface area contributed by atoms with Crippen LogP contribution < -0.4 is 10.7 Å². The van der Waals surface area contributed by atoms with Gasteiger partial charge in [-0.25, -0.2) is 4.39 Å². The number of para-hydroxylation sites is 1. The van der Waals surface area contributed by atoms with Crippen LogP contribution in [0.4, 0.5) is 10.1 Å². The number of anilines is 1. The first-order chi connectivity index (χ1) is 10.6. The third kappa shape index (κ3) is 2.60. The van der Waals surface area contributed by atoms with Crippen molar-refractivity contribution in [2.24, 2.45) is 10.8 Å². The molecule has 0 unspecified atom stereocenters. The Hall–Kier alpha value is -2.62. The molecule has 0 aliphatic carbocycles. The van der Waals surface area contributed by atoms with E-state index in [0.717, 1.165) is 33.8 Å². The highest BCUT2D eigenvalue weighted by atomic mass is 19.1. The smallest absolute Gasteiger partial charge is 0.123 e. The van der Waals surface area contributed by atoms with Gasteiger partial charge in [-0.05, 0) is 43.2 Å². The summed E-state index contributed by atoms with van der Waals surface area (Å²) in [6, 6.07) is 14.4. The molecule has 1 aliphatic heterocycles. The average molecular weight is 295 g/mol. The lowest BCUT2D eigenvalue weighted by atomic mass is 9.98. The van der Waals surface area contributed by atoms with Gasteiger partial charge in [0.1, 0.15) is 5.82 Å². The molecule has 2 N–H and O–H groups in total. The molecule has 0 spiro atoms. The van der Waals surface area contributed by atoms with Crippen LogP contribution in [0.5, 0.6) is 0 Å². The van der Waals surface area contributed by atoms with Gasteiger partial charge < -0.3 is 5.73 Å². The summed E-state index contributed by atoms with van der Waals surface area (Å²) in [4.78, 5) is 0. The van der Waals surface area contributed by atoms with E-state index in [0.29, 0.717) is 6.54 Å². The summed E-state index contributed by atoms with van der Waals surface area (Å²) in [7, 11) is 0. The van der Waals surface area contributed by atoms with Gasteiger partial charge in [-0.3, -0.25) is 5.01 Å². The number of aryl methyl sites for hydroxylation is 1. The lowest BCUT2D eigenvalue weighted by Crippen LogP contribution is -2.31. The Bertz CT molecular complexity index is 760. The van der Waals surface area contributed by atoms with Crippen LogP contribution in [0.3, 0.4) is 0 Å². The Morgan fingerprint density at radius 1 is 1.05 bits per heavy atom. The van der Waals surface area contributed by atoms with Gasteiger partial charge >= 0.3 is 0 Å². The summed E-state index contributed by atoms with van der Waals surface area (Å²) in [5.74, 6) is -0.255. The van der Waals surface area contributed by atoms with Gasteiger partial charge in [0.2, 0.25) is 0 Å². The SMILES string of the molecule is CC1=NN(c2ccccc2C)CC(N)=C1c1ccc(F)cc1. The molecule has 0 amide bonds. The second-order valence-corrected chi connectivity index (χ2v) is 5.44. The third-order valence-electron chi connectivity index (χ3n) is 3.80. The first kappa shape index (κ1) is 14.3. The topological polar surface area (TPSA) is 41.6 Å². The molecule has 2 aromatic carbocycles. The summed E-state index contributed by atoms with van der Waals surface area (Å²) >= 11 is 0. The quantitative estimate of drug-likeness (QED) is 0.918. The van der Waals surface area contributed by atoms with Crippen molar-refractivity contribution in [1.29, 1.82) is 0 Å². The number of nitrogens with zero attached hydrogens (tertiary/aromatic N) is 2. The summed E-state index contributed by atoms with van der Waals surface area (Å²) in [5, 5.41) is 6.57. The second kappa shape index (κ2) is 5.64. The van der Waals surface area contributed by atoms with Crippen molar-refractivity contribution in [2.45, 2.75) is 13.8 Å². The number of hydrogen-bond acceptors (Lipinski definition) is 3. The second-order valence-electron chi connectivity index (χ2n) is 5.44. The zero-order valence-corrected chi connectivity index (χ0v) is 12.7. The lowest BCUT2D eigenvalue weighted by molar-refractivity contribution is 0.627. The predicted octanol–water partition coefficient (Wildman–Crippen LogP) is 3.70. The van der Waals surface area contributed by atoms with Gasteiger partial charge in [0, 0.05) is 11.3 Å². The van der Waals surface area contributed by atoms with Crippen molar-refractivity contribution in [3.05, 3.63) is 71.2 Å². The Morgan fingerprint density at radius 2 is 1.73 bits per heavy atom. The molecule has 2 aromatic rings. The highest BCUT2D eigenvalue weighted by Crippen LogP contribution is 2.28. The standard InChI is InChI=1S/C18H18FN3/c1-12-5-3-4-6-17(12)22-11-16(20)18(13(2)21-22)14-7-9-15(19)10-8-14/h3-10H,11,20H2,1-2H3. The Balaban J connectivity index is 1.97. The highest BCUT2D eigenvalue weighted by molar-refractivity contribution is 6.24. The maximum atomic E-state index is 13.1. The molecule has 0 fully saturated rings. The van der Waals surface area contributed by atoms with Gasteiger partial charge in [-0.15, -0.1) is 0 Å². The van der Waals surface area contributed by atoms with Gasteiger partial charge in [0.05, 0.1) is 17.9 Å². The number of halogens is 1. The fourth-order valence-corrected chi connectivity index (χ4v) is 2.74. The molecule has 0 radical (unpaired) electrons. The van der Waals surface area contributed by atoms with Gasteiger partial charge in [0.15, 0.2) is 0 Å². The predicted molar refractivity (Wildman–Crippen MR) is 89.1 cm³/mol. The van der Waals surface area contributed by atoms with E-state index in [2.05, 4.69) is 18.1 Å². The number of hydrazone groups is 1. The number of nitrogens with two attached hydrogens (primary N) is 1. The number of hydrogen-bond donors (Lipinski definition) is 1. The minimum absolute atomic E-state index is 0.255. The molecule has 1 aliphatic rings. The van der Waals surface area contributed by atoms with E-state index in [1.165, 1.54) is 12.1 Å². The van der Waals surface area contributed by atoms with E-state index < -0.39 is 0 Å². The molecule has 3 rings (SSSR count). The van der Waals surface area contributed by atoms with Crippen LogP contribution >= 0.6 is 0 Å². The summed E-state index contributed by atoms with van der Waals surface area (Å²) in [6.45, 7) is 4.50. The van der Waals surface area contributed by atoms with Crippen molar-refractivity contribution < 1.29 is 4.39 Å². The Morgan fingerprint density at radius 3 is 2.36 bits per heavy atom. The van der Waals surface area contributed by atoms with Crippen molar-refractivity contribution in [3.63, 3.8) is 0 Å². The first-order valence-corrected chi connectivity index (χ1v) is 7.19. The highest BCUT2D eigenvalue weighted by Gasteiger charge is 2.20. The van der Waals surface area contributed by atoms with Crippen molar-refractivity contribution in [2.75, 3.05) is 11.6 Å². The average Bonchev–Trinajstić information content (AvgIpc) is 2.49. The maximum absolute atomic E-state index is 13.1. The number of rotatable bonds is 2. The molecule has 4 heteroatoms. The molecule has 0 saturated heterocycles. The zero-order chi connectivity index (χ0) is 15.7. The number of allylic oxidation sites excluding steroid dienone is 1. The van der Waals surface area contributed by atoms with E-state index in [1.807, 2.05) is 30.1 Å². The first-order valence-electron chi connectivity index (χ1n) is 7.19. The van der Waals surface area contributed by atoms with Crippen LogP contribution in [0.15, 0.2) is 59.3 Å². The van der Waals surface area contributed by atoms with E-state index in [1.54, 1.807) is 12.1 Å². The molecule has 0 saturated carbocycles. The van der Waals surface area contributed by atoms with Crippen LogP contribution in [0, 0.1) is 12.7 Å². The molecule has 112 valence electrons. The normalized spacial score (nSPS) is 15.0. The van der Waals surface area contributed by atoms with E-state index in [-0.39, 0.29) is 5.82 Å². The van der Waals surface area contributed by atoms with Crippen LogP contribution in [0.25, 0.3) is 5.57 Å². The summed E-state index contributed by atoms with van der Waals surface area (Å²) in [6.07, 6.45) is 0. The van der Waals surface area contributed by atoms with Crippen molar-refractivity contribution >= 4 is 17.0 Å². The zero-order valence-electron chi connectivity index (χ0n) is 12.7. The van der Waals surface area contributed by atoms with Crippen molar-refractivity contribution in [1.82, 2.24) is 0 Å². The summed E-state index contributed by atoms with van der Waals surface area (Å²) < 4.78 is 13.1. The van der Waals surface area contributed by atoms with Crippen LogP contribution in [0.2, 0.25) is 0 Å². The van der Waals surface area contributed by atoms with Crippen LogP contribution in [0.1, 0.15) is 18.1 Å². The van der Waals surface area contributed by atoms with Crippen LogP contribution in [-0.4, -0.2) is 12.3 Å². The minimum Gasteiger partial charge on any atom is -0.400 e. The van der Waals surface area contributed by atoms with Crippen LogP contribution in [-0.2, 0) is 0 Å². The number of benzene rings is 2. The third-order valence-corrected chi connectivity index (χ3v) is 3.80. The Labute approximate surface area is 129 Å². The van der Waals surface area contributed by atoms with Gasteiger partial charge in [-0.1, -0.05) is 30.3 Å². The van der Waals surface area contributed by atoms with E-state index in [4.69, 9.17) is 5.73 Å². The molecule has 0 aromatic heterocycles. The van der Waals surface area contributed by atoms with Gasteiger partial charge in [0.25, 0.3) is 0 Å². The van der Waals surface area contributed by atoms with E-state index in [9.17, 15) is 4.39 Å². The molecule has 0 atom stereocenters. The van der Waals surface area contributed by atoms with Gasteiger partial charge in [-0.2, -0.15) is 5.10 Å². The molecule has 22 heavy (non-hydrogen) atoms. The monoisotopic (exact) mass is 295 g/mol. The largest absolute Gasteiger partial charge is 0.400 e. The summed E-state index contributed by atoms with van der Waals surface area (Å²) in [5.41, 5.74) is 11.8. The fraction of sp³-hybridized carbons (Fsp3) is 0.167. The van der Waals surface area contributed by atoms with Crippen molar-refractivity contribution in [3.8, 4) is 0 Å². The molecule has 0 bridgehead atoms. The molecular formula is C18H18FN3. The lowest BCUT2D eigenvalue weighted by Gasteiger charge is -2.28. The molecule has 1 heterocycles. The molecule has 3 nitrogen and oxygen atoms in total. The maximum Gasteiger partial charge on any atom is 0.123 e. The van der Waals surface area contributed by atoms with E-state index >= 15 is 0 Å². The Kier molecular flexibility index (Phi) is 3.67. The molecular weight excluding hydrogens is 277 g/mol.